The summed E-state index contributed by atoms with van der Waals surface area (Å²) in [6, 6.07) is 6.94. The smallest absolute Gasteiger partial charge is 0.269 e. The molecule has 166 valence electrons. The summed E-state index contributed by atoms with van der Waals surface area (Å²) < 4.78 is 0. The van der Waals surface area contributed by atoms with Crippen LogP contribution in [0.5, 0.6) is 0 Å². The molecular formula is C21H34N6O3. The number of amides is 1. The van der Waals surface area contributed by atoms with Gasteiger partial charge in [0.25, 0.3) is 5.69 Å². The van der Waals surface area contributed by atoms with Crippen molar-refractivity contribution in [3.05, 3.63) is 39.9 Å². The average Bonchev–Trinajstić information content (AvgIpc) is 2.71. The molecule has 0 saturated carbocycles. The normalized spacial score (nSPS) is 16.4. The van der Waals surface area contributed by atoms with E-state index in [2.05, 4.69) is 34.3 Å². The Hall–Kier alpha value is -2.68. The minimum absolute atomic E-state index is 0.0586. The fraction of sp³-hybridized carbons (Fsp3) is 0.619. The maximum atomic E-state index is 12.0. The number of nitro benzene ring substituents is 1. The molecule has 0 radical (unpaired) electrons. The van der Waals surface area contributed by atoms with Gasteiger partial charge in [-0.15, -0.1) is 0 Å². The van der Waals surface area contributed by atoms with E-state index < -0.39 is 4.92 Å². The predicted molar refractivity (Wildman–Crippen MR) is 118 cm³/mol. The first-order valence-electron chi connectivity index (χ1n) is 10.6. The molecule has 30 heavy (non-hydrogen) atoms. The molecule has 1 unspecified atom stereocenters. The SMILES string of the molecule is CCC(C)NC(=NCc1ccc([N+](=O)[O-])cc1)N1CCN(CC(=O)NC(C)C)CC1. The fourth-order valence-corrected chi connectivity index (χ4v) is 3.14. The summed E-state index contributed by atoms with van der Waals surface area (Å²) in [6.07, 6.45) is 0.978. The molecule has 2 rings (SSSR count). The van der Waals surface area contributed by atoms with Crippen molar-refractivity contribution in [2.75, 3.05) is 32.7 Å². The highest BCUT2D eigenvalue weighted by molar-refractivity contribution is 5.80. The molecule has 0 aliphatic carbocycles. The number of rotatable bonds is 8. The Bertz CT molecular complexity index is 727. The van der Waals surface area contributed by atoms with Gasteiger partial charge >= 0.3 is 0 Å². The Balaban J connectivity index is 1.98. The summed E-state index contributed by atoms with van der Waals surface area (Å²) >= 11 is 0. The first-order valence-corrected chi connectivity index (χ1v) is 10.6. The van der Waals surface area contributed by atoms with E-state index in [1.807, 2.05) is 13.8 Å². The van der Waals surface area contributed by atoms with Gasteiger partial charge in [-0.25, -0.2) is 4.99 Å². The average molecular weight is 419 g/mol. The minimum atomic E-state index is -0.399. The van der Waals surface area contributed by atoms with Gasteiger partial charge in [0.05, 0.1) is 18.0 Å². The minimum Gasteiger partial charge on any atom is -0.354 e. The molecule has 1 aliphatic heterocycles. The van der Waals surface area contributed by atoms with E-state index in [9.17, 15) is 14.9 Å². The number of nitrogens with one attached hydrogen (secondary N) is 2. The number of piperazine rings is 1. The van der Waals surface area contributed by atoms with Gasteiger partial charge in [0.15, 0.2) is 5.96 Å². The van der Waals surface area contributed by atoms with Gasteiger partial charge in [0.1, 0.15) is 0 Å². The van der Waals surface area contributed by atoms with Gasteiger partial charge in [0, 0.05) is 50.4 Å². The first-order chi connectivity index (χ1) is 14.3. The molecule has 9 heteroatoms. The van der Waals surface area contributed by atoms with E-state index in [1.165, 1.54) is 12.1 Å². The largest absolute Gasteiger partial charge is 0.354 e. The van der Waals surface area contributed by atoms with Crippen molar-refractivity contribution in [1.82, 2.24) is 20.4 Å². The second-order valence-corrected chi connectivity index (χ2v) is 8.00. The fourth-order valence-electron chi connectivity index (χ4n) is 3.14. The Kier molecular flexibility index (Phi) is 9.04. The number of guanidine groups is 1. The Morgan fingerprint density at radius 1 is 1.13 bits per heavy atom. The maximum Gasteiger partial charge on any atom is 0.269 e. The molecule has 9 nitrogen and oxygen atoms in total. The number of carbonyl (C=O) groups is 1. The quantitative estimate of drug-likeness (QED) is 0.290. The summed E-state index contributed by atoms with van der Waals surface area (Å²) in [7, 11) is 0. The van der Waals surface area contributed by atoms with Crippen molar-refractivity contribution in [2.45, 2.75) is 52.7 Å². The van der Waals surface area contributed by atoms with Crippen molar-refractivity contribution in [2.24, 2.45) is 4.99 Å². The number of non-ortho nitro benzene ring substituents is 1. The topological polar surface area (TPSA) is 103 Å². The zero-order chi connectivity index (χ0) is 22.1. The lowest BCUT2D eigenvalue weighted by Crippen LogP contribution is -2.55. The number of nitro groups is 1. The Labute approximate surface area is 178 Å². The lowest BCUT2D eigenvalue weighted by Gasteiger charge is -2.37. The molecule has 0 spiro atoms. The summed E-state index contributed by atoms with van der Waals surface area (Å²) in [5.41, 5.74) is 1.01. The highest BCUT2D eigenvalue weighted by atomic mass is 16.6. The van der Waals surface area contributed by atoms with Gasteiger partial charge in [-0.3, -0.25) is 19.8 Å². The number of nitrogens with zero attached hydrogens (tertiary/aromatic N) is 4. The molecule has 1 heterocycles. The molecular weight excluding hydrogens is 384 g/mol. The van der Waals surface area contributed by atoms with Crippen LogP contribution in [0.15, 0.2) is 29.3 Å². The Morgan fingerprint density at radius 3 is 2.30 bits per heavy atom. The summed E-state index contributed by atoms with van der Waals surface area (Å²) in [6.45, 7) is 12.2. The number of carbonyl (C=O) groups excluding carboxylic acids is 1. The lowest BCUT2D eigenvalue weighted by atomic mass is 10.2. The zero-order valence-corrected chi connectivity index (χ0v) is 18.4. The number of benzene rings is 1. The monoisotopic (exact) mass is 418 g/mol. The van der Waals surface area contributed by atoms with Crippen LogP contribution in [-0.2, 0) is 11.3 Å². The van der Waals surface area contributed by atoms with Gasteiger partial charge in [-0.2, -0.15) is 0 Å². The number of hydrogen-bond donors (Lipinski definition) is 2. The van der Waals surface area contributed by atoms with Gasteiger partial charge < -0.3 is 15.5 Å². The summed E-state index contributed by atoms with van der Waals surface area (Å²) in [5, 5.41) is 17.2. The number of hydrogen-bond acceptors (Lipinski definition) is 5. The van der Waals surface area contributed by atoms with Crippen molar-refractivity contribution in [3.63, 3.8) is 0 Å². The number of aliphatic imine (C=N–C) groups is 1. The molecule has 0 bridgehead atoms. The van der Waals surface area contributed by atoms with E-state index in [4.69, 9.17) is 4.99 Å². The first kappa shape index (κ1) is 23.6. The van der Waals surface area contributed by atoms with Crippen molar-refractivity contribution >= 4 is 17.6 Å². The van der Waals surface area contributed by atoms with Crippen LogP contribution in [-0.4, -0.2) is 71.4 Å². The third-order valence-corrected chi connectivity index (χ3v) is 5.04. The lowest BCUT2D eigenvalue weighted by molar-refractivity contribution is -0.384. The molecule has 1 aromatic carbocycles. The molecule has 1 fully saturated rings. The van der Waals surface area contributed by atoms with Crippen LogP contribution >= 0.6 is 0 Å². The molecule has 1 saturated heterocycles. The van der Waals surface area contributed by atoms with Crippen molar-refractivity contribution in [1.29, 1.82) is 0 Å². The van der Waals surface area contributed by atoms with E-state index >= 15 is 0 Å². The molecule has 1 amide bonds. The zero-order valence-electron chi connectivity index (χ0n) is 18.4. The molecule has 1 atom stereocenters. The highest BCUT2D eigenvalue weighted by Gasteiger charge is 2.22. The van der Waals surface area contributed by atoms with E-state index in [0.717, 1.165) is 44.1 Å². The van der Waals surface area contributed by atoms with E-state index in [-0.39, 0.29) is 23.7 Å². The second-order valence-electron chi connectivity index (χ2n) is 8.00. The molecule has 1 aromatic rings. The van der Waals surface area contributed by atoms with E-state index in [1.54, 1.807) is 12.1 Å². The van der Waals surface area contributed by atoms with Crippen LogP contribution in [0, 0.1) is 10.1 Å². The predicted octanol–water partition coefficient (Wildman–Crippen LogP) is 1.98. The van der Waals surface area contributed by atoms with Crippen LogP contribution in [0.2, 0.25) is 0 Å². The summed E-state index contributed by atoms with van der Waals surface area (Å²) in [5.74, 6) is 0.900. The Morgan fingerprint density at radius 2 is 1.77 bits per heavy atom. The van der Waals surface area contributed by atoms with Crippen molar-refractivity contribution in [3.8, 4) is 0 Å². The highest BCUT2D eigenvalue weighted by Crippen LogP contribution is 2.13. The van der Waals surface area contributed by atoms with Crippen LogP contribution in [0.4, 0.5) is 5.69 Å². The van der Waals surface area contributed by atoms with Crippen LogP contribution in [0.1, 0.15) is 39.7 Å². The molecule has 2 N–H and O–H groups in total. The molecule has 0 aromatic heterocycles. The van der Waals surface area contributed by atoms with Gasteiger partial charge in [0.2, 0.25) is 5.91 Å². The van der Waals surface area contributed by atoms with Gasteiger partial charge in [-0.1, -0.05) is 19.1 Å². The second kappa shape index (κ2) is 11.5. The van der Waals surface area contributed by atoms with E-state index in [0.29, 0.717) is 13.1 Å². The maximum absolute atomic E-state index is 12.0. The molecule has 1 aliphatic rings. The van der Waals surface area contributed by atoms with Crippen LogP contribution in [0.25, 0.3) is 0 Å². The summed E-state index contributed by atoms with van der Waals surface area (Å²) in [4.78, 5) is 31.6. The van der Waals surface area contributed by atoms with Gasteiger partial charge in [-0.05, 0) is 32.8 Å². The van der Waals surface area contributed by atoms with Crippen molar-refractivity contribution < 1.29 is 9.72 Å². The van der Waals surface area contributed by atoms with Crippen LogP contribution < -0.4 is 10.6 Å². The van der Waals surface area contributed by atoms with Crippen LogP contribution in [0.3, 0.4) is 0 Å². The third-order valence-electron chi connectivity index (χ3n) is 5.04. The third kappa shape index (κ3) is 7.62. The standard InChI is InChI=1S/C21H34N6O3/c1-5-17(4)24-21(22-14-18-6-8-19(9-7-18)27(29)30)26-12-10-25(11-13-26)15-20(28)23-16(2)3/h6-9,16-17H,5,10-15H2,1-4H3,(H,22,24)(H,23,28).